The quantitative estimate of drug-likeness (QED) is 0.743. The topological polar surface area (TPSA) is 56.2 Å². The van der Waals surface area contributed by atoms with E-state index in [0.717, 1.165) is 40.8 Å². The highest BCUT2D eigenvalue weighted by Crippen LogP contribution is 2.42. The van der Waals surface area contributed by atoms with Gasteiger partial charge in [-0.15, -0.1) is 0 Å². The Balaban J connectivity index is 1.90. The van der Waals surface area contributed by atoms with E-state index >= 15 is 0 Å². The molecule has 0 bridgehead atoms. The summed E-state index contributed by atoms with van der Waals surface area (Å²) in [4.78, 5) is 17.1. The number of aryl methyl sites for hydroxylation is 2. The number of benzene rings is 2. The molecule has 0 unspecified atom stereocenters. The smallest absolute Gasteiger partial charge is 0.251 e. The monoisotopic (exact) mass is 369 g/mol. The second-order valence-electron chi connectivity index (χ2n) is 6.56. The van der Waals surface area contributed by atoms with Crippen LogP contribution in [-0.4, -0.2) is 22.5 Å². The van der Waals surface area contributed by atoms with E-state index in [0.29, 0.717) is 16.3 Å². The van der Waals surface area contributed by atoms with Gasteiger partial charge in [0.25, 0.3) is 5.91 Å². The predicted molar refractivity (Wildman–Crippen MR) is 102 cm³/mol. The minimum absolute atomic E-state index is 0.109. The van der Waals surface area contributed by atoms with Gasteiger partial charge in [0.2, 0.25) is 0 Å². The van der Waals surface area contributed by atoms with Crippen molar-refractivity contribution in [1.82, 2.24) is 14.9 Å². The number of carbonyl (C=O) groups excluding carboxylic acids is 1. The average Bonchev–Trinajstić information content (AvgIpc) is 2.95. The second kappa shape index (κ2) is 6.32. The molecule has 1 amide bonds. The number of halogens is 1. The summed E-state index contributed by atoms with van der Waals surface area (Å²) in [7, 11) is 3.59. The largest absolute Gasteiger partial charge is 0.483 e. The molecule has 5 nitrogen and oxygen atoms in total. The van der Waals surface area contributed by atoms with Crippen molar-refractivity contribution in [3.63, 3.8) is 0 Å². The number of amides is 1. The maximum atomic E-state index is 12.4. The van der Waals surface area contributed by atoms with E-state index in [1.165, 1.54) is 0 Å². The summed E-state index contributed by atoms with van der Waals surface area (Å²) >= 11 is 6.37. The number of hydrogen-bond donors (Lipinski definition) is 1. The summed E-state index contributed by atoms with van der Waals surface area (Å²) in [5, 5.41) is 3.42. The van der Waals surface area contributed by atoms with Gasteiger partial charge in [-0.05, 0) is 31.9 Å². The SMILES string of the molecule is CNC(=O)c1cc2c(nc(C)n2C)c2c1CC[C@@H](c1ccccc1Cl)O2. The van der Waals surface area contributed by atoms with E-state index in [2.05, 4.69) is 10.3 Å². The molecule has 1 aliphatic rings. The maximum absolute atomic E-state index is 12.4. The van der Waals surface area contributed by atoms with Crippen molar-refractivity contribution >= 4 is 28.5 Å². The highest BCUT2D eigenvalue weighted by molar-refractivity contribution is 6.31. The lowest BCUT2D eigenvalue weighted by Gasteiger charge is -2.28. The van der Waals surface area contributed by atoms with Crippen molar-refractivity contribution in [2.75, 3.05) is 7.05 Å². The van der Waals surface area contributed by atoms with Gasteiger partial charge in [0.05, 0.1) is 5.52 Å². The first-order chi connectivity index (χ1) is 12.5. The fourth-order valence-corrected chi connectivity index (χ4v) is 3.85. The van der Waals surface area contributed by atoms with Crippen molar-refractivity contribution in [3.05, 3.63) is 57.9 Å². The van der Waals surface area contributed by atoms with Crippen LogP contribution in [0, 0.1) is 6.92 Å². The van der Waals surface area contributed by atoms with Crippen LogP contribution < -0.4 is 10.1 Å². The van der Waals surface area contributed by atoms with E-state index in [-0.39, 0.29) is 12.0 Å². The number of fused-ring (bicyclic) bond motifs is 3. The molecule has 0 radical (unpaired) electrons. The molecule has 0 spiro atoms. The summed E-state index contributed by atoms with van der Waals surface area (Å²) in [6.07, 6.45) is 1.35. The first-order valence-electron chi connectivity index (χ1n) is 8.63. The standard InChI is InChI=1S/C20H20ClN3O2/c1-11-23-18-16(24(11)3)10-14(20(25)22-2)12-8-9-17(26-19(12)18)13-6-4-5-7-15(13)21/h4-7,10,17H,8-9H2,1-3H3,(H,22,25)/t17-/m0/s1. The van der Waals surface area contributed by atoms with Crippen LogP contribution in [-0.2, 0) is 13.5 Å². The molecule has 0 fully saturated rings. The van der Waals surface area contributed by atoms with Gasteiger partial charge in [0.1, 0.15) is 17.4 Å². The zero-order chi connectivity index (χ0) is 18.4. The Kier molecular flexibility index (Phi) is 4.11. The molecule has 6 heteroatoms. The Morgan fingerprint density at radius 1 is 1.38 bits per heavy atom. The fourth-order valence-electron chi connectivity index (χ4n) is 3.59. The summed E-state index contributed by atoms with van der Waals surface area (Å²) in [5.41, 5.74) is 4.21. The van der Waals surface area contributed by atoms with Gasteiger partial charge in [-0.25, -0.2) is 4.98 Å². The molecule has 0 saturated heterocycles. The first-order valence-corrected chi connectivity index (χ1v) is 9.01. The molecule has 0 saturated carbocycles. The number of hydrogen-bond acceptors (Lipinski definition) is 3. The van der Waals surface area contributed by atoms with Crippen LogP contribution in [0.5, 0.6) is 5.75 Å². The molecule has 1 atom stereocenters. The van der Waals surface area contributed by atoms with E-state index in [9.17, 15) is 4.79 Å². The number of nitrogens with zero attached hydrogens (tertiary/aromatic N) is 2. The van der Waals surface area contributed by atoms with Crippen molar-refractivity contribution < 1.29 is 9.53 Å². The lowest BCUT2D eigenvalue weighted by atomic mass is 9.93. The Morgan fingerprint density at radius 3 is 2.88 bits per heavy atom. The maximum Gasteiger partial charge on any atom is 0.251 e. The third kappa shape index (κ3) is 2.54. The minimum atomic E-state index is -0.151. The number of nitrogens with one attached hydrogen (secondary N) is 1. The Labute approximate surface area is 156 Å². The molecule has 1 N–H and O–H groups in total. The molecule has 1 aliphatic heterocycles. The van der Waals surface area contributed by atoms with Crippen molar-refractivity contribution in [3.8, 4) is 5.75 Å². The van der Waals surface area contributed by atoms with Crippen molar-refractivity contribution in [2.24, 2.45) is 7.05 Å². The molecule has 4 rings (SSSR count). The normalized spacial score (nSPS) is 16.2. The Morgan fingerprint density at radius 2 is 2.15 bits per heavy atom. The Bertz CT molecular complexity index is 1030. The van der Waals surface area contributed by atoms with Gasteiger partial charge >= 0.3 is 0 Å². The van der Waals surface area contributed by atoms with Gasteiger partial charge in [0, 0.05) is 35.8 Å². The molecular weight excluding hydrogens is 350 g/mol. The van der Waals surface area contributed by atoms with Gasteiger partial charge in [0.15, 0.2) is 5.75 Å². The van der Waals surface area contributed by atoms with Crippen LogP contribution in [0.3, 0.4) is 0 Å². The third-order valence-corrected chi connectivity index (χ3v) is 5.44. The van der Waals surface area contributed by atoms with Crippen LogP contribution in [0.4, 0.5) is 0 Å². The van der Waals surface area contributed by atoms with Crippen LogP contribution in [0.2, 0.25) is 5.02 Å². The lowest BCUT2D eigenvalue weighted by molar-refractivity contribution is 0.0959. The summed E-state index contributed by atoms with van der Waals surface area (Å²) in [6, 6.07) is 9.64. The molecule has 2 heterocycles. The molecule has 26 heavy (non-hydrogen) atoms. The van der Waals surface area contributed by atoms with E-state index in [1.807, 2.05) is 48.9 Å². The molecular formula is C20H20ClN3O2. The number of aromatic nitrogens is 2. The summed E-state index contributed by atoms with van der Waals surface area (Å²) in [5.74, 6) is 1.46. The molecule has 3 aromatic rings. The highest BCUT2D eigenvalue weighted by atomic mass is 35.5. The van der Waals surface area contributed by atoms with Gasteiger partial charge in [-0.1, -0.05) is 29.8 Å². The summed E-state index contributed by atoms with van der Waals surface area (Å²) < 4.78 is 8.35. The fraction of sp³-hybridized carbons (Fsp3) is 0.300. The molecule has 134 valence electrons. The van der Waals surface area contributed by atoms with Crippen LogP contribution in [0.15, 0.2) is 30.3 Å². The second-order valence-corrected chi connectivity index (χ2v) is 6.97. The third-order valence-electron chi connectivity index (χ3n) is 5.10. The first kappa shape index (κ1) is 16.9. The van der Waals surface area contributed by atoms with Crippen LogP contribution >= 0.6 is 11.6 Å². The highest BCUT2D eigenvalue weighted by Gasteiger charge is 2.30. The Hall–Kier alpha value is -2.53. The lowest BCUT2D eigenvalue weighted by Crippen LogP contribution is -2.23. The summed E-state index contributed by atoms with van der Waals surface area (Å²) in [6.45, 7) is 1.94. The number of rotatable bonds is 2. The molecule has 2 aromatic carbocycles. The van der Waals surface area contributed by atoms with Crippen LogP contribution in [0.25, 0.3) is 11.0 Å². The number of ether oxygens (including phenoxy) is 1. The van der Waals surface area contributed by atoms with E-state index in [1.54, 1.807) is 7.05 Å². The van der Waals surface area contributed by atoms with Crippen LogP contribution in [0.1, 0.15) is 39.8 Å². The number of imidazole rings is 1. The zero-order valence-electron chi connectivity index (χ0n) is 15.0. The van der Waals surface area contributed by atoms with Crippen molar-refractivity contribution in [1.29, 1.82) is 0 Å². The zero-order valence-corrected chi connectivity index (χ0v) is 15.7. The number of carbonyl (C=O) groups is 1. The molecule has 0 aliphatic carbocycles. The minimum Gasteiger partial charge on any atom is -0.483 e. The van der Waals surface area contributed by atoms with E-state index in [4.69, 9.17) is 16.3 Å². The average molecular weight is 370 g/mol. The van der Waals surface area contributed by atoms with Gasteiger partial charge < -0.3 is 14.6 Å². The predicted octanol–water partition coefficient (Wildman–Crippen LogP) is 3.96. The van der Waals surface area contributed by atoms with Crippen molar-refractivity contribution in [2.45, 2.75) is 25.9 Å². The van der Waals surface area contributed by atoms with E-state index < -0.39 is 0 Å². The van der Waals surface area contributed by atoms with Gasteiger partial charge in [-0.3, -0.25) is 4.79 Å². The molecule has 1 aromatic heterocycles. The van der Waals surface area contributed by atoms with Gasteiger partial charge in [-0.2, -0.15) is 0 Å².